The second-order valence-electron chi connectivity index (χ2n) is 9.33. The summed E-state index contributed by atoms with van der Waals surface area (Å²) in [6, 6.07) is 20.5. The number of anilines is 1. The van der Waals surface area contributed by atoms with Gasteiger partial charge in [0.05, 0.1) is 10.9 Å². The van der Waals surface area contributed by atoms with Crippen molar-refractivity contribution in [1.82, 2.24) is 4.72 Å². The summed E-state index contributed by atoms with van der Waals surface area (Å²) in [4.78, 5) is 2.57. The minimum absolute atomic E-state index is 0.0531. The molecule has 0 spiro atoms. The van der Waals surface area contributed by atoms with E-state index in [0.29, 0.717) is 34.1 Å². The first-order valence-corrected chi connectivity index (χ1v) is 14.3. The van der Waals surface area contributed by atoms with Crippen LogP contribution in [0, 0.1) is 5.92 Å². The van der Waals surface area contributed by atoms with Gasteiger partial charge in [0.2, 0.25) is 10.0 Å². The van der Waals surface area contributed by atoms with E-state index in [1.54, 1.807) is 18.2 Å². The molecule has 0 radical (unpaired) electrons. The van der Waals surface area contributed by atoms with Crippen LogP contribution in [0.1, 0.15) is 49.8 Å². The van der Waals surface area contributed by atoms with E-state index in [-0.39, 0.29) is 16.9 Å². The fraction of sp³-hybridized carbons (Fsp3) is 0.333. The molecule has 35 heavy (non-hydrogen) atoms. The third-order valence-corrected chi connectivity index (χ3v) is 8.83. The molecule has 3 aromatic carbocycles. The maximum atomic E-state index is 12.9. The Kier molecular flexibility index (Phi) is 8.34. The summed E-state index contributed by atoms with van der Waals surface area (Å²) in [5.74, 6) is 0.487. The van der Waals surface area contributed by atoms with Crippen LogP contribution in [0.2, 0.25) is 15.1 Å². The van der Waals surface area contributed by atoms with Crippen LogP contribution in [0.15, 0.2) is 71.6 Å². The monoisotopic (exact) mass is 550 g/mol. The number of hydrogen-bond donors (Lipinski definition) is 1. The van der Waals surface area contributed by atoms with E-state index in [4.69, 9.17) is 34.8 Å². The van der Waals surface area contributed by atoms with Gasteiger partial charge in [-0.2, -0.15) is 0 Å². The molecule has 2 atom stereocenters. The van der Waals surface area contributed by atoms with Crippen molar-refractivity contribution in [3.8, 4) is 0 Å². The maximum absolute atomic E-state index is 12.9. The molecule has 8 heteroatoms. The minimum atomic E-state index is -3.59. The first kappa shape index (κ1) is 26.3. The van der Waals surface area contributed by atoms with Gasteiger partial charge in [0.1, 0.15) is 0 Å². The van der Waals surface area contributed by atoms with Crippen molar-refractivity contribution in [2.45, 2.75) is 43.5 Å². The molecule has 0 aliphatic carbocycles. The van der Waals surface area contributed by atoms with E-state index in [0.717, 1.165) is 29.7 Å². The van der Waals surface area contributed by atoms with Gasteiger partial charge in [0.15, 0.2) is 0 Å². The predicted octanol–water partition coefficient (Wildman–Crippen LogP) is 7.71. The van der Waals surface area contributed by atoms with Crippen molar-refractivity contribution in [1.29, 1.82) is 0 Å². The maximum Gasteiger partial charge on any atom is 0.240 e. The van der Waals surface area contributed by atoms with Gasteiger partial charge in [-0.3, -0.25) is 0 Å². The van der Waals surface area contributed by atoms with Gasteiger partial charge in [-0.25, -0.2) is 13.1 Å². The lowest BCUT2D eigenvalue weighted by atomic mass is 9.88. The number of nitrogens with zero attached hydrogens (tertiary/aromatic N) is 1. The van der Waals surface area contributed by atoms with Crippen LogP contribution in [0.5, 0.6) is 0 Å². The van der Waals surface area contributed by atoms with Crippen molar-refractivity contribution < 1.29 is 8.42 Å². The molecule has 3 aromatic rings. The number of hydrogen-bond acceptors (Lipinski definition) is 3. The predicted molar refractivity (Wildman–Crippen MR) is 146 cm³/mol. The average molecular weight is 552 g/mol. The van der Waals surface area contributed by atoms with Gasteiger partial charge in [-0.1, -0.05) is 66.8 Å². The number of piperidine rings is 1. The lowest BCUT2D eigenvalue weighted by molar-refractivity contribution is 0.358. The number of halogens is 3. The lowest BCUT2D eigenvalue weighted by Crippen LogP contribution is -2.42. The highest BCUT2D eigenvalue weighted by molar-refractivity contribution is 7.89. The SMILES string of the molecule is CC(C)c1ccc(S(=O)(=O)NCC2CCC(c3ccc(Cl)cc3Cl)N(c3ccc(Cl)cc3)C2)cc1. The molecule has 4 nitrogen and oxygen atoms in total. The Morgan fingerprint density at radius 3 is 2.20 bits per heavy atom. The van der Waals surface area contributed by atoms with Crippen molar-refractivity contribution in [3.05, 3.63) is 92.9 Å². The molecule has 2 unspecified atom stereocenters. The van der Waals surface area contributed by atoms with Crippen LogP contribution in [-0.2, 0) is 10.0 Å². The van der Waals surface area contributed by atoms with E-state index in [9.17, 15) is 8.42 Å². The zero-order chi connectivity index (χ0) is 25.2. The summed E-state index contributed by atoms with van der Waals surface area (Å²) in [7, 11) is -3.59. The van der Waals surface area contributed by atoms with Gasteiger partial charge >= 0.3 is 0 Å². The van der Waals surface area contributed by atoms with Crippen LogP contribution in [0.3, 0.4) is 0 Å². The fourth-order valence-electron chi connectivity index (χ4n) is 4.57. The normalized spacial score (nSPS) is 18.7. The molecule has 1 saturated heterocycles. The molecule has 1 aliphatic rings. The Labute approximate surface area is 223 Å². The smallest absolute Gasteiger partial charge is 0.240 e. The van der Waals surface area contributed by atoms with E-state index in [1.165, 1.54) is 0 Å². The molecule has 0 saturated carbocycles. The summed E-state index contributed by atoms with van der Waals surface area (Å²) in [5, 5.41) is 1.89. The molecular formula is C27H29Cl3N2O2S. The first-order chi connectivity index (χ1) is 16.6. The first-order valence-electron chi connectivity index (χ1n) is 11.7. The van der Waals surface area contributed by atoms with Gasteiger partial charge in [-0.15, -0.1) is 0 Å². The zero-order valence-corrected chi connectivity index (χ0v) is 22.8. The van der Waals surface area contributed by atoms with Crippen LogP contribution in [-0.4, -0.2) is 21.5 Å². The van der Waals surface area contributed by atoms with Gasteiger partial charge in [0, 0.05) is 33.8 Å². The Morgan fingerprint density at radius 2 is 1.57 bits per heavy atom. The molecule has 1 heterocycles. The largest absolute Gasteiger partial charge is 0.364 e. The summed E-state index contributed by atoms with van der Waals surface area (Å²) in [6.45, 7) is 5.21. The highest BCUT2D eigenvalue weighted by atomic mass is 35.5. The summed E-state index contributed by atoms with van der Waals surface area (Å²) >= 11 is 18.8. The second-order valence-corrected chi connectivity index (χ2v) is 12.4. The Hall–Kier alpha value is -1.76. The minimum Gasteiger partial charge on any atom is -0.364 e. The molecule has 0 aromatic heterocycles. The van der Waals surface area contributed by atoms with Crippen molar-refractivity contribution in [2.24, 2.45) is 5.92 Å². The van der Waals surface area contributed by atoms with E-state index >= 15 is 0 Å². The molecular weight excluding hydrogens is 523 g/mol. The number of nitrogens with one attached hydrogen (secondary N) is 1. The second kappa shape index (κ2) is 11.1. The zero-order valence-electron chi connectivity index (χ0n) is 19.7. The Morgan fingerprint density at radius 1 is 0.914 bits per heavy atom. The topological polar surface area (TPSA) is 49.4 Å². The number of rotatable bonds is 7. The third-order valence-electron chi connectivity index (χ3n) is 6.58. The molecule has 1 N–H and O–H groups in total. The van der Waals surface area contributed by atoms with Crippen molar-refractivity contribution >= 4 is 50.5 Å². The van der Waals surface area contributed by atoms with Gasteiger partial charge in [-0.05, 0) is 84.3 Å². The lowest BCUT2D eigenvalue weighted by Gasteiger charge is -2.42. The van der Waals surface area contributed by atoms with E-state index < -0.39 is 10.0 Å². The standard InChI is InChI=1S/C27H29Cl3N2O2S/c1-18(2)20-4-11-24(12-5-20)35(33,34)31-16-19-3-14-27(25-13-8-22(29)15-26(25)30)32(17-19)23-9-6-21(28)7-10-23/h4-13,15,18-19,27,31H,3,14,16-17H2,1-2H3. The summed E-state index contributed by atoms with van der Waals surface area (Å²) in [6.07, 6.45) is 1.70. The van der Waals surface area contributed by atoms with Gasteiger partial charge < -0.3 is 4.90 Å². The molecule has 1 fully saturated rings. The molecule has 186 valence electrons. The molecule has 0 bridgehead atoms. The van der Waals surface area contributed by atoms with Crippen LogP contribution in [0.25, 0.3) is 0 Å². The average Bonchev–Trinajstić information content (AvgIpc) is 2.83. The number of sulfonamides is 1. The van der Waals surface area contributed by atoms with Crippen molar-refractivity contribution in [2.75, 3.05) is 18.0 Å². The van der Waals surface area contributed by atoms with Crippen molar-refractivity contribution in [3.63, 3.8) is 0 Å². The molecule has 1 aliphatic heterocycles. The molecule has 4 rings (SSSR count). The summed E-state index contributed by atoms with van der Waals surface area (Å²) < 4.78 is 28.7. The fourth-order valence-corrected chi connectivity index (χ4v) is 6.35. The van der Waals surface area contributed by atoms with Crippen LogP contribution in [0.4, 0.5) is 5.69 Å². The highest BCUT2D eigenvalue weighted by Crippen LogP contribution is 2.40. The van der Waals surface area contributed by atoms with E-state index in [2.05, 4.69) is 23.5 Å². The number of benzene rings is 3. The van der Waals surface area contributed by atoms with Crippen LogP contribution >= 0.6 is 34.8 Å². The highest BCUT2D eigenvalue weighted by Gasteiger charge is 2.31. The van der Waals surface area contributed by atoms with E-state index in [1.807, 2.05) is 48.5 Å². The Balaban J connectivity index is 1.52. The van der Waals surface area contributed by atoms with Gasteiger partial charge in [0.25, 0.3) is 0 Å². The Bertz CT molecular complexity index is 1260. The van der Waals surface area contributed by atoms with Crippen LogP contribution < -0.4 is 9.62 Å². The summed E-state index contributed by atoms with van der Waals surface area (Å²) in [5.41, 5.74) is 3.14. The quantitative estimate of drug-likeness (QED) is 0.327. The third kappa shape index (κ3) is 6.33. The molecule has 0 amide bonds.